The topological polar surface area (TPSA) is 50.4 Å². The zero-order chi connectivity index (χ0) is 12.7. The van der Waals surface area contributed by atoms with Crippen LogP contribution in [0.5, 0.6) is 0 Å². The van der Waals surface area contributed by atoms with Crippen LogP contribution in [0.15, 0.2) is 18.2 Å². The average Bonchev–Trinajstić information content (AvgIpc) is 2.28. The summed E-state index contributed by atoms with van der Waals surface area (Å²) >= 11 is 5.99. The second-order valence-electron chi connectivity index (χ2n) is 3.71. The van der Waals surface area contributed by atoms with Crippen LogP contribution in [0.4, 0.5) is 10.5 Å². The SMILES string of the molecule is COCCCNC(=O)Nc1ccc(C)cc1Cl. The number of methoxy groups -OCH3 is 1. The molecule has 0 aliphatic carbocycles. The zero-order valence-corrected chi connectivity index (χ0v) is 10.8. The molecule has 0 heterocycles. The minimum Gasteiger partial charge on any atom is -0.385 e. The van der Waals surface area contributed by atoms with Crippen molar-refractivity contribution >= 4 is 23.3 Å². The van der Waals surface area contributed by atoms with Crippen LogP contribution in [0.2, 0.25) is 5.02 Å². The fraction of sp³-hybridized carbons (Fsp3) is 0.417. The Hall–Kier alpha value is -1.26. The molecule has 1 aromatic rings. The quantitative estimate of drug-likeness (QED) is 0.796. The summed E-state index contributed by atoms with van der Waals surface area (Å²) in [4.78, 5) is 11.5. The van der Waals surface area contributed by atoms with Gasteiger partial charge < -0.3 is 15.4 Å². The molecule has 0 fully saturated rings. The Morgan fingerprint density at radius 3 is 2.88 bits per heavy atom. The van der Waals surface area contributed by atoms with Crippen LogP contribution in [0.1, 0.15) is 12.0 Å². The highest BCUT2D eigenvalue weighted by Gasteiger charge is 2.04. The van der Waals surface area contributed by atoms with Crippen molar-refractivity contribution in [3.05, 3.63) is 28.8 Å². The summed E-state index contributed by atoms with van der Waals surface area (Å²) < 4.78 is 4.88. The lowest BCUT2D eigenvalue weighted by molar-refractivity contribution is 0.194. The lowest BCUT2D eigenvalue weighted by Gasteiger charge is -2.09. The molecular weight excluding hydrogens is 240 g/mol. The molecule has 94 valence electrons. The number of anilines is 1. The fourth-order valence-corrected chi connectivity index (χ4v) is 1.59. The number of benzene rings is 1. The Morgan fingerprint density at radius 2 is 2.24 bits per heavy atom. The van der Waals surface area contributed by atoms with Gasteiger partial charge in [-0.05, 0) is 31.0 Å². The molecule has 0 unspecified atom stereocenters. The number of carbonyl (C=O) groups excluding carboxylic acids is 1. The maximum absolute atomic E-state index is 11.5. The Labute approximate surface area is 106 Å². The van der Waals surface area contributed by atoms with E-state index in [9.17, 15) is 4.79 Å². The molecule has 0 atom stereocenters. The van der Waals surface area contributed by atoms with Crippen molar-refractivity contribution in [1.29, 1.82) is 0 Å². The minimum atomic E-state index is -0.258. The smallest absolute Gasteiger partial charge is 0.319 e. The number of halogens is 1. The van der Waals surface area contributed by atoms with E-state index in [1.165, 1.54) is 0 Å². The number of hydrogen-bond donors (Lipinski definition) is 2. The molecule has 0 aliphatic heterocycles. The van der Waals surface area contributed by atoms with Crippen LogP contribution in [0, 0.1) is 6.92 Å². The summed E-state index contributed by atoms with van der Waals surface area (Å²) in [5.41, 5.74) is 1.67. The van der Waals surface area contributed by atoms with Crippen molar-refractivity contribution in [3.8, 4) is 0 Å². The largest absolute Gasteiger partial charge is 0.385 e. The molecule has 0 spiro atoms. The van der Waals surface area contributed by atoms with Crippen molar-refractivity contribution in [2.75, 3.05) is 25.6 Å². The number of ether oxygens (including phenoxy) is 1. The van der Waals surface area contributed by atoms with Crippen LogP contribution in [-0.2, 0) is 4.74 Å². The molecule has 0 bridgehead atoms. The van der Waals surface area contributed by atoms with Crippen LogP contribution in [-0.4, -0.2) is 26.3 Å². The van der Waals surface area contributed by atoms with Crippen LogP contribution in [0.25, 0.3) is 0 Å². The van der Waals surface area contributed by atoms with Gasteiger partial charge in [-0.3, -0.25) is 0 Å². The molecule has 2 N–H and O–H groups in total. The van der Waals surface area contributed by atoms with Crippen molar-refractivity contribution < 1.29 is 9.53 Å². The van der Waals surface area contributed by atoms with E-state index >= 15 is 0 Å². The highest BCUT2D eigenvalue weighted by molar-refractivity contribution is 6.33. The number of nitrogens with one attached hydrogen (secondary N) is 2. The Kier molecular flexibility index (Phi) is 5.80. The number of hydrogen-bond acceptors (Lipinski definition) is 2. The maximum atomic E-state index is 11.5. The van der Waals surface area contributed by atoms with Gasteiger partial charge in [-0.15, -0.1) is 0 Å². The molecule has 2 amide bonds. The lowest BCUT2D eigenvalue weighted by atomic mass is 10.2. The van der Waals surface area contributed by atoms with Crippen molar-refractivity contribution in [2.45, 2.75) is 13.3 Å². The summed E-state index contributed by atoms with van der Waals surface area (Å²) in [6.45, 7) is 3.15. The Morgan fingerprint density at radius 1 is 1.47 bits per heavy atom. The normalized spacial score (nSPS) is 10.1. The van der Waals surface area contributed by atoms with Gasteiger partial charge >= 0.3 is 6.03 Å². The number of rotatable bonds is 5. The molecule has 0 aliphatic rings. The molecule has 4 nitrogen and oxygen atoms in total. The summed E-state index contributed by atoms with van der Waals surface area (Å²) in [7, 11) is 1.63. The van der Waals surface area contributed by atoms with E-state index in [0.29, 0.717) is 23.9 Å². The maximum Gasteiger partial charge on any atom is 0.319 e. The van der Waals surface area contributed by atoms with Gasteiger partial charge in [0.05, 0.1) is 10.7 Å². The molecular formula is C12H17ClN2O2. The lowest BCUT2D eigenvalue weighted by Crippen LogP contribution is -2.30. The summed E-state index contributed by atoms with van der Waals surface area (Å²) in [6, 6.07) is 5.23. The van der Waals surface area contributed by atoms with Crippen molar-refractivity contribution in [2.24, 2.45) is 0 Å². The van der Waals surface area contributed by atoms with Crippen molar-refractivity contribution in [1.82, 2.24) is 5.32 Å². The van der Waals surface area contributed by atoms with E-state index in [1.807, 2.05) is 19.1 Å². The van der Waals surface area contributed by atoms with Gasteiger partial charge in [0, 0.05) is 20.3 Å². The highest BCUT2D eigenvalue weighted by atomic mass is 35.5. The standard InChI is InChI=1S/C12H17ClN2O2/c1-9-4-5-11(10(13)8-9)15-12(16)14-6-3-7-17-2/h4-5,8H,3,6-7H2,1-2H3,(H2,14,15,16). The van der Waals surface area contributed by atoms with E-state index in [4.69, 9.17) is 16.3 Å². The number of aryl methyl sites for hydroxylation is 1. The number of urea groups is 1. The van der Waals surface area contributed by atoms with Gasteiger partial charge in [0.15, 0.2) is 0 Å². The van der Waals surface area contributed by atoms with Crippen LogP contribution < -0.4 is 10.6 Å². The third-order valence-electron chi connectivity index (χ3n) is 2.18. The molecule has 0 radical (unpaired) electrons. The van der Waals surface area contributed by atoms with Gasteiger partial charge in [0.25, 0.3) is 0 Å². The van der Waals surface area contributed by atoms with E-state index in [2.05, 4.69) is 10.6 Å². The number of amides is 2. The highest BCUT2D eigenvalue weighted by Crippen LogP contribution is 2.22. The first-order chi connectivity index (χ1) is 8.13. The molecule has 0 aromatic heterocycles. The van der Waals surface area contributed by atoms with E-state index < -0.39 is 0 Å². The summed E-state index contributed by atoms with van der Waals surface area (Å²) in [5.74, 6) is 0. The third-order valence-corrected chi connectivity index (χ3v) is 2.50. The van der Waals surface area contributed by atoms with Gasteiger partial charge in [-0.25, -0.2) is 4.79 Å². The average molecular weight is 257 g/mol. The van der Waals surface area contributed by atoms with Crippen LogP contribution >= 0.6 is 11.6 Å². The molecule has 5 heteroatoms. The first-order valence-electron chi connectivity index (χ1n) is 5.43. The number of carbonyl (C=O) groups is 1. The molecule has 0 saturated heterocycles. The molecule has 17 heavy (non-hydrogen) atoms. The second-order valence-corrected chi connectivity index (χ2v) is 4.12. The van der Waals surface area contributed by atoms with E-state index in [-0.39, 0.29) is 6.03 Å². The zero-order valence-electron chi connectivity index (χ0n) is 10.0. The fourth-order valence-electron chi connectivity index (χ4n) is 1.31. The van der Waals surface area contributed by atoms with E-state index in [1.54, 1.807) is 13.2 Å². The first kappa shape index (κ1) is 13.8. The monoisotopic (exact) mass is 256 g/mol. The van der Waals surface area contributed by atoms with Gasteiger partial charge in [-0.2, -0.15) is 0 Å². The predicted octanol–water partition coefficient (Wildman–Crippen LogP) is 2.81. The predicted molar refractivity (Wildman–Crippen MR) is 69.7 cm³/mol. The molecule has 1 rings (SSSR count). The summed E-state index contributed by atoms with van der Waals surface area (Å²) in [5, 5.41) is 5.95. The second kappa shape index (κ2) is 7.14. The van der Waals surface area contributed by atoms with Gasteiger partial charge in [0.1, 0.15) is 0 Å². The van der Waals surface area contributed by atoms with E-state index in [0.717, 1.165) is 12.0 Å². The molecule has 0 saturated carbocycles. The van der Waals surface area contributed by atoms with Gasteiger partial charge in [0.2, 0.25) is 0 Å². The third kappa shape index (κ3) is 5.06. The Bertz CT molecular complexity index is 383. The minimum absolute atomic E-state index is 0.258. The molecule has 1 aromatic carbocycles. The first-order valence-corrected chi connectivity index (χ1v) is 5.81. The van der Waals surface area contributed by atoms with Crippen molar-refractivity contribution in [3.63, 3.8) is 0 Å². The van der Waals surface area contributed by atoms with Gasteiger partial charge in [-0.1, -0.05) is 17.7 Å². The Balaban J connectivity index is 2.40. The van der Waals surface area contributed by atoms with Crippen LogP contribution in [0.3, 0.4) is 0 Å². The summed E-state index contributed by atoms with van der Waals surface area (Å²) in [6.07, 6.45) is 0.783.